The summed E-state index contributed by atoms with van der Waals surface area (Å²) in [5.41, 5.74) is 7.83. The minimum atomic E-state index is -0.434. The molecule has 4 nitrogen and oxygen atoms in total. The molecule has 4 heteroatoms. The fourth-order valence-corrected chi connectivity index (χ4v) is 0.774. The van der Waals surface area contributed by atoms with Crippen LogP contribution >= 0.6 is 0 Å². The lowest BCUT2D eigenvalue weighted by Crippen LogP contribution is -2.40. The Morgan fingerprint density at radius 2 is 2.25 bits per heavy atom. The summed E-state index contributed by atoms with van der Waals surface area (Å²) in [6.45, 7) is 4.33. The van der Waals surface area contributed by atoms with Gasteiger partial charge in [-0.2, -0.15) is 0 Å². The van der Waals surface area contributed by atoms with E-state index in [1.807, 2.05) is 0 Å². The summed E-state index contributed by atoms with van der Waals surface area (Å²) >= 11 is 0. The van der Waals surface area contributed by atoms with Gasteiger partial charge in [-0.3, -0.25) is 9.63 Å². The molecule has 3 N–H and O–H groups in total. The number of hydrogen-bond acceptors (Lipinski definition) is 3. The highest BCUT2D eigenvalue weighted by atomic mass is 16.6. The molecule has 0 radical (unpaired) electrons. The summed E-state index contributed by atoms with van der Waals surface area (Å²) in [5.74, 6) is -0.231. The Labute approximate surface area is 73.4 Å². The standard InChI is InChI=1S/C8H18N2O2/c1-3-5-6-7(9)8(11)10-12-4-2/h7H,3-6,9H2,1-2H3,(H,10,11)/t7-/m0/s1. The lowest BCUT2D eigenvalue weighted by Gasteiger charge is -2.10. The highest BCUT2D eigenvalue weighted by molar-refractivity contribution is 5.80. The molecule has 0 aromatic heterocycles. The predicted molar refractivity (Wildman–Crippen MR) is 47.3 cm³/mol. The predicted octanol–water partition coefficient (Wildman–Crippen LogP) is 0.572. The number of nitrogens with two attached hydrogens (primary N) is 1. The van der Waals surface area contributed by atoms with Gasteiger partial charge >= 0.3 is 0 Å². The van der Waals surface area contributed by atoms with E-state index in [4.69, 9.17) is 10.6 Å². The molecule has 0 aliphatic carbocycles. The number of amides is 1. The number of carbonyl (C=O) groups is 1. The van der Waals surface area contributed by atoms with Crippen molar-refractivity contribution in [2.45, 2.75) is 39.2 Å². The molecule has 0 fully saturated rings. The smallest absolute Gasteiger partial charge is 0.260 e. The third-order valence-electron chi connectivity index (χ3n) is 1.52. The molecule has 0 aromatic carbocycles. The second kappa shape index (κ2) is 7.06. The Morgan fingerprint density at radius 1 is 1.58 bits per heavy atom. The van der Waals surface area contributed by atoms with Crippen LogP contribution < -0.4 is 11.2 Å². The number of carbonyl (C=O) groups excluding carboxylic acids is 1. The summed E-state index contributed by atoms with van der Waals surface area (Å²) in [5, 5.41) is 0. The average Bonchev–Trinajstić information content (AvgIpc) is 2.10. The Kier molecular flexibility index (Phi) is 6.70. The van der Waals surface area contributed by atoms with Crippen molar-refractivity contribution in [3.05, 3.63) is 0 Å². The van der Waals surface area contributed by atoms with Crippen molar-refractivity contribution in [2.75, 3.05) is 6.61 Å². The van der Waals surface area contributed by atoms with Gasteiger partial charge in [-0.05, 0) is 13.3 Å². The first-order valence-corrected chi connectivity index (χ1v) is 4.39. The zero-order chi connectivity index (χ0) is 9.40. The van der Waals surface area contributed by atoms with E-state index in [2.05, 4.69) is 12.4 Å². The monoisotopic (exact) mass is 174 g/mol. The van der Waals surface area contributed by atoms with Crippen LogP contribution in [-0.2, 0) is 9.63 Å². The maximum absolute atomic E-state index is 11.0. The van der Waals surface area contributed by atoms with Gasteiger partial charge in [0, 0.05) is 0 Å². The topological polar surface area (TPSA) is 64.4 Å². The van der Waals surface area contributed by atoms with Crippen LogP contribution in [0.3, 0.4) is 0 Å². The van der Waals surface area contributed by atoms with Crippen molar-refractivity contribution in [3.63, 3.8) is 0 Å². The molecule has 1 atom stereocenters. The van der Waals surface area contributed by atoms with Gasteiger partial charge in [-0.25, -0.2) is 5.48 Å². The molecule has 0 aliphatic rings. The van der Waals surface area contributed by atoms with Gasteiger partial charge in [-0.1, -0.05) is 19.8 Å². The van der Waals surface area contributed by atoms with Crippen LogP contribution in [0.25, 0.3) is 0 Å². The third kappa shape index (κ3) is 5.09. The Hall–Kier alpha value is -0.610. The first-order chi connectivity index (χ1) is 5.72. The Balaban J connectivity index is 3.47. The van der Waals surface area contributed by atoms with Gasteiger partial charge in [0.1, 0.15) is 0 Å². The summed E-state index contributed by atoms with van der Waals surface area (Å²) in [7, 11) is 0. The van der Waals surface area contributed by atoms with Gasteiger partial charge in [-0.15, -0.1) is 0 Å². The average molecular weight is 174 g/mol. The molecule has 0 rings (SSSR count). The summed E-state index contributed by atoms with van der Waals surface area (Å²) < 4.78 is 0. The van der Waals surface area contributed by atoms with Crippen molar-refractivity contribution in [1.29, 1.82) is 0 Å². The van der Waals surface area contributed by atoms with Crippen LogP contribution in [0.2, 0.25) is 0 Å². The van der Waals surface area contributed by atoms with Crippen LogP contribution in [0.5, 0.6) is 0 Å². The van der Waals surface area contributed by atoms with E-state index in [1.165, 1.54) is 0 Å². The van der Waals surface area contributed by atoms with Crippen LogP contribution in [0.4, 0.5) is 0 Å². The molecule has 72 valence electrons. The molecule has 0 aromatic rings. The van der Waals surface area contributed by atoms with Gasteiger partial charge in [0.2, 0.25) is 0 Å². The number of hydroxylamine groups is 1. The minimum Gasteiger partial charge on any atom is -0.320 e. The van der Waals surface area contributed by atoms with Gasteiger partial charge in [0.05, 0.1) is 12.6 Å². The third-order valence-corrected chi connectivity index (χ3v) is 1.52. The number of nitrogens with one attached hydrogen (secondary N) is 1. The quantitative estimate of drug-likeness (QED) is 0.579. The largest absolute Gasteiger partial charge is 0.320 e. The first kappa shape index (κ1) is 11.4. The van der Waals surface area contributed by atoms with Crippen molar-refractivity contribution in [2.24, 2.45) is 5.73 Å². The zero-order valence-electron chi connectivity index (χ0n) is 7.80. The molecule has 0 heterocycles. The van der Waals surface area contributed by atoms with Crippen molar-refractivity contribution < 1.29 is 9.63 Å². The minimum absolute atomic E-state index is 0.231. The summed E-state index contributed by atoms with van der Waals surface area (Å²) in [6.07, 6.45) is 2.74. The van der Waals surface area contributed by atoms with E-state index in [-0.39, 0.29) is 5.91 Å². The first-order valence-electron chi connectivity index (χ1n) is 4.39. The van der Waals surface area contributed by atoms with E-state index in [0.29, 0.717) is 6.61 Å². The molecule has 0 unspecified atom stereocenters. The Bertz CT molecular complexity index is 128. The van der Waals surface area contributed by atoms with Crippen LogP contribution in [0, 0.1) is 0 Å². The second-order valence-electron chi connectivity index (χ2n) is 2.65. The highest BCUT2D eigenvalue weighted by Gasteiger charge is 2.11. The lowest BCUT2D eigenvalue weighted by atomic mass is 10.1. The van der Waals surface area contributed by atoms with Crippen molar-refractivity contribution >= 4 is 5.91 Å². The zero-order valence-corrected chi connectivity index (χ0v) is 7.80. The summed E-state index contributed by atoms with van der Waals surface area (Å²) in [6, 6.07) is -0.434. The highest BCUT2D eigenvalue weighted by Crippen LogP contribution is 1.97. The molecule has 1 amide bonds. The fraction of sp³-hybridized carbons (Fsp3) is 0.875. The fourth-order valence-electron chi connectivity index (χ4n) is 0.774. The van der Waals surface area contributed by atoms with E-state index < -0.39 is 6.04 Å². The van der Waals surface area contributed by atoms with Gasteiger partial charge in [0.15, 0.2) is 0 Å². The molecule has 0 saturated heterocycles. The van der Waals surface area contributed by atoms with Crippen LogP contribution in [-0.4, -0.2) is 18.6 Å². The van der Waals surface area contributed by atoms with Crippen LogP contribution in [0.15, 0.2) is 0 Å². The maximum Gasteiger partial charge on any atom is 0.260 e. The van der Waals surface area contributed by atoms with E-state index in [1.54, 1.807) is 6.92 Å². The normalized spacial score (nSPS) is 12.6. The van der Waals surface area contributed by atoms with Gasteiger partial charge in [0.25, 0.3) is 5.91 Å². The molecule has 0 spiro atoms. The molecule has 0 saturated carbocycles. The summed E-state index contributed by atoms with van der Waals surface area (Å²) in [4.78, 5) is 15.8. The lowest BCUT2D eigenvalue weighted by molar-refractivity contribution is -0.134. The van der Waals surface area contributed by atoms with Crippen molar-refractivity contribution in [3.8, 4) is 0 Å². The molecular formula is C8H18N2O2. The number of hydrogen-bond donors (Lipinski definition) is 2. The second-order valence-corrected chi connectivity index (χ2v) is 2.65. The van der Waals surface area contributed by atoms with Gasteiger partial charge < -0.3 is 5.73 Å². The van der Waals surface area contributed by atoms with Crippen LogP contribution in [0.1, 0.15) is 33.1 Å². The number of rotatable bonds is 6. The Morgan fingerprint density at radius 3 is 2.75 bits per heavy atom. The number of unbranched alkanes of at least 4 members (excludes halogenated alkanes) is 1. The van der Waals surface area contributed by atoms with Crippen molar-refractivity contribution in [1.82, 2.24) is 5.48 Å². The van der Waals surface area contributed by atoms with E-state index in [0.717, 1.165) is 19.3 Å². The van der Waals surface area contributed by atoms with E-state index >= 15 is 0 Å². The van der Waals surface area contributed by atoms with E-state index in [9.17, 15) is 4.79 Å². The molecule has 0 aliphatic heterocycles. The molecular weight excluding hydrogens is 156 g/mol. The maximum atomic E-state index is 11.0. The molecule has 0 bridgehead atoms. The SMILES string of the molecule is CCCC[C@H](N)C(=O)NOCC. The molecule has 12 heavy (non-hydrogen) atoms.